The van der Waals surface area contributed by atoms with E-state index in [1.807, 2.05) is 36.6 Å². The zero-order valence-corrected chi connectivity index (χ0v) is 16.8. The van der Waals surface area contributed by atoms with Gasteiger partial charge in [-0.2, -0.15) is 0 Å². The van der Waals surface area contributed by atoms with Crippen LogP contribution in [0, 0.1) is 5.41 Å². The van der Waals surface area contributed by atoms with E-state index in [2.05, 4.69) is 10.3 Å². The number of aromatic nitrogens is 1. The Bertz CT molecular complexity index is 912. The largest absolute Gasteiger partial charge is 0.494 e. The van der Waals surface area contributed by atoms with Gasteiger partial charge in [0.25, 0.3) is 0 Å². The molecule has 8 heteroatoms. The second kappa shape index (κ2) is 6.77. The molecule has 4 rings (SSSR count). The molecule has 2 aliphatic rings. The molecule has 0 radical (unpaired) electrons. The van der Waals surface area contributed by atoms with E-state index in [0.717, 1.165) is 11.4 Å². The molecule has 1 N–H and O–H groups in total. The van der Waals surface area contributed by atoms with E-state index in [1.165, 1.54) is 11.3 Å². The maximum absolute atomic E-state index is 12.6. The zero-order chi connectivity index (χ0) is 19.9. The van der Waals surface area contributed by atoms with Crippen LogP contribution in [0.4, 0.5) is 10.8 Å². The van der Waals surface area contributed by atoms with Crippen LogP contribution in [0.15, 0.2) is 29.6 Å². The lowest BCUT2D eigenvalue weighted by Gasteiger charge is -2.20. The van der Waals surface area contributed by atoms with Crippen molar-refractivity contribution < 1.29 is 23.8 Å². The second-order valence-corrected chi connectivity index (χ2v) is 8.28. The van der Waals surface area contributed by atoms with Crippen molar-refractivity contribution in [2.75, 3.05) is 11.9 Å². The van der Waals surface area contributed by atoms with Crippen LogP contribution >= 0.6 is 11.3 Å². The predicted octanol–water partition coefficient (Wildman–Crippen LogP) is 3.77. The third-order valence-electron chi connectivity index (χ3n) is 5.15. The smallest absolute Gasteiger partial charge is 0.324 e. The second-order valence-electron chi connectivity index (χ2n) is 7.42. The van der Waals surface area contributed by atoms with Crippen LogP contribution in [0.25, 0.3) is 0 Å². The van der Waals surface area contributed by atoms with Crippen LogP contribution in [-0.4, -0.2) is 29.6 Å². The SMILES string of the molecule is CCOc1ccc(Nc2nc([C@]3(C)C[C@]4(C[C@H](C)OC4=O)C(=O)O3)cs2)cc1. The Kier molecular flexibility index (Phi) is 4.53. The molecule has 0 amide bonds. The van der Waals surface area contributed by atoms with Crippen LogP contribution in [-0.2, 0) is 24.7 Å². The highest BCUT2D eigenvalue weighted by atomic mass is 32.1. The van der Waals surface area contributed by atoms with Crippen molar-refractivity contribution in [2.45, 2.75) is 45.3 Å². The molecule has 2 aliphatic heterocycles. The fourth-order valence-corrected chi connectivity index (χ4v) is 4.70. The van der Waals surface area contributed by atoms with E-state index < -0.39 is 23.0 Å². The summed E-state index contributed by atoms with van der Waals surface area (Å²) in [4.78, 5) is 29.4. The van der Waals surface area contributed by atoms with Gasteiger partial charge in [0.15, 0.2) is 16.1 Å². The first-order chi connectivity index (χ1) is 13.3. The van der Waals surface area contributed by atoms with Crippen LogP contribution in [0.3, 0.4) is 0 Å². The fraction of sp³-hybridized carbons (Fsp3) is 0.450. The number of carbonyl (C=O) groups excluding carboxylic acids is 2. The number of cyclic esters (lactones) is 2. The Morgan fingerprint density at radius 1 is 1.29 bits per heavy atom. The molecule has 7 nitrogen and oxygen atoms in total. The van der Waals surface area contributed by atoms with Crippen LogP contribution in [0.2, 0.25) is 0 Å². The van der Waals surface area contributed by atoms with Gasteiger partial charge in [0.2, 0.25) is 0 Å². The van der Waals surface area contributed by atoms with Crippen LogP contribution < -0.4 is 10.1 Å². The van der Waals surface area contributed by atoms with E-state index >= 15 is 0 Å². The summed E-state index contributed by atoms with van der Waals surface area (Å²) < 4.78 is 16.3. The minimum atomic E-state index is -1.21. The van der Waals surface area contributed by atoms with Crippen molar-refractivity contribution in [1.82, 2.24) is 4.98 Å². The van der Waals surface area contributed by atoms with Crippen molar-refractivity contribution in [1.29, 1.82) is 0 Å². The highest BCUT2D eigenvalue weighted by molar-refractivity contribution is 7.13. The predicted molar refractivity (Wildman–Crippen MR) is 104 cm³/mol. The number of ether oxygens (including phenoxy) is 3. The number of hydrogen-bond acceptors (Lipinski definition) is 8. The van der Waals surface area contributed by atoms with Gasteiger partial charge in [-0.3, -0.25) is 9.59 Å². The Hall–Kier alpha value is -2.61. The molecule has 1 spiro atoms. The summed E-state index contributed by atoms with van der Waals surface area (Å²) in [5.74, 6) is -0.198. The molecule has 3 heterocycles. The molecule has 0 bridgehead atoms. The van der Waals surface area contributed by atoms with Crippen LogP contribution in [0.1, 0.15) is 39.3 Å². The van der Waals surface area contributed by atoms with E-state index in [4.69, 9.17) is 14.2 Å². The summed E-state index contributed by atoms with van der Waals surface area (Å²) in [7, 11) is 0. The summed E-state index contributed by atoms with van der Waals surface area (Å²) in [6.07, 6.45) is 0.311. The summed E-state index contributed by atoms with van der Waals surface area (Å²) in [5.41, 5.74) is -0.651. The molecule has 2 fully saturated rings. The lowest BCUT2D eigenvalue weighted by Crippen LogP contribution is -2.31. The minimum Gasteiger partial charge on any atom is -0.494 e. The van der Waals surface area contributed by atoms with Gasteiger partial charge in [0.1, 0.15) is 11.9 Å². The van der Waals surface area contributed by atoms with Gasteiger partial charge in [0, 0.05) is 23.9 Å². The lowest BCUT2D eigenvalue weighted by atomic mass is 9.78. The zero-order valence-electron chi connectivity index (χ0n) is 16.0. The van der Waals surface area contributed by atoms with Crippen molar-refractivity contribution in [3.05, 3.63) is 35.3 Å². The van der Waals surface area contributed by atoms with E-state index in [-0.39, 0.29) is 12.5 Å². The van der Waals surface area contributed by atoms with Crippen LogP contribution in [0.5, 0.6) is 5.75 Å². The Morgan fingerprint density at radius 2 is 2.04 bits per heavy atom. The molecule has 2 saturated heterocycles. The molecule has 1 aromatic heterocycles. The van der Waals surface area contributed by atoms with E-state index in [9.17, 15) is 9.59 Å². The highest BCUT2D eigenvalue weighted by Gasteiger charge is 2.65. The molecule has 28 heavy (non-hydrogen) atoms. The lowest BCUT2D eigenvalue weighted by molar-refractivity contribution is -0.160. The molecule has 3 atom stereocenters. The Morgan fingerprint density at radius 3 is 2.68 bits per heavy atom. The number of benzene rings is 1. The minimum absolute atomic E-state index is 0.244. The quantitative estimate of drug-likeness (QED) is 0.602. The van der Waals surface area contributed by atoms with Gasteiger partial charge in [-0.1, -0.05) is 0 Å². The standard InChI is InChI=1S/C20H22N2O5S/c1-4-25-14-7-5-13(6-8-14)21-18-22-15(10-28-18)19(3)11-20(17(24)27-19)9-12(2)26-16(20)23/h5-8,10,12H,4,9,11H2,1-3H3,(H,21,22)/t12-,19-,20-/m0/s1. The molecule has 0 saturated carbocycles. The molecule has 0 unspecified atom stereocenters. The van der Waals surface area contributed by atoms with E-state index in [1.54, 1.807) is 13.8 Å². The van der Waals surface area contributed by atoms with Crippen molar-refractivity contribution in [3.8, 4) is 5.75 Å². The number of thiazole rings is 1. The maximum atomic E-state index is 12.6. The topological polar surface area (TPSA) is 86.8 Å². The van der Waals surface area contributed by atoms with Gasteiger partial charge in [-0.25, -0.2) is 4.98 Å². The van der Waals surface area contributed by atoms with Crippen molar-refractivity contribution in [3.63, 3.8) is 0 Å². The summed E-state index contributed by atoms with van der Waals surface area (Å²) >= 11 is 1.42. The first-order valence-corrected chi connectivity index (χ1v) is 10.1. The summed E-state index contributed by atoms with van der Waals surface area (Å²) in [6, 6.07) is 7.59. The number of hydrogen-bond donors (Lipinski definition) is 1. The molecule has 0 aliphatic carbocycles. The third kappa shape index (κ3) is 3.11. The average Bonchev–Trinajstić information content (AvgIpc) is 3.29. The Balaban J connectivity index is 1.51. The van der Waals surface area contributed by atoms with Gasteiger partial charge in [-0.05, 0) is 45.0 Å². The number of nitrogens with zero attached hydrogens (tertiary/aromatic N) is 1. The number of rotatable bonds is 5. The normalized spacial score (nSPS) is 29.0. The van der Waals surface area contributed by atoms with E-state index in [0.29, 0.717) is 23.9 Å². The maximum Gasteiger partial charge on any atom is 0.324 e. The number of carbonyl (C=O) groups is 2. The number of nitrogens with one attached hydrogen (secondary N) is 1. The molecular formula is C20H22N2O5S. The molecule has 148 valence electrons. The average molecular weight is 402 g/mol. The van der Waals surface area contributed by atoms with Crippen molar-refractivity contribution >= 4 is 34.1 Å². The van der Waals surface area contributed by atoms with Crippen molar-refractivity contribution in [2.24, 2.45) is 5.41 Å². The number of anilines is 2. The summed E-state index contributed by atoms with van der Waals surface area (Å²) in [5, 5.41) is 5.78. The van der Waals surface area contributed by atoms with Gasteiger partial charge in [0.05, 0.1) is 12.3 Å². The third-order valence-corrected chi connectivity index (χ3v) is 5.90. The number of esters is 2. The first-order valence-electron chi connectivity index (χ1n) is 9.25. The highest BCUT2D eigenvalue weighted by Crippen LogP contribution is 2.52. The molecule has 1 aromatic carbocycles. The monoisotopic (exact) mass is 402 g/mol. The Labute approximate surface area is 167 Å². The van der Waals surface area contributed by atoms with Gasteiger partial charge < -0.3 is 19.5 Å². The molecule has 2 aromatic rings. The molecular weight excluding hydrogens is 380 g/mol. The fourth-order valence-electron chi connectivity index (χ4n) is 3.85. The summed E-state index contributed by atoms with van der Waals surface area (Å²) in [6.45, 7) is 6.15. The van der Waals surface area contributed by atoms with Gasteiger partial charge in [-0.15, -0.1) is 11.3 Å². The van der Waals surface area contributed by atoms with Gasteiger partial charge >= 0.3 is 11.9 Å². The first kappa shape index (κ1) is 18.7.